The molecule has 2 fully saturated rings. The highest BCUT2D eigenvalue weighted by Crippen LogP contribution is 2.37. The highest BCUT2D eigenvalue weighted by molar-refractivity contribution is 7.09. The number of rotatable bonds is 3. The molecule has 4 nitrogen and oxygen atoms in total. The highest BCUT2D eigenvalue weighted by atomic mass is 32.1. The molecule has 0 unspecified atom stereocenters. The molecule has 0 bridgehead atoms. The van der Waals surface area contributed by atoms with E-state index in [4.69, 9.17) is 0 Å². The van der Waals surface area contributed by atoms with Crippen molar-refractivity contribution in [1.29, 1.82) is 0 Å². The molecule has 1 aliphatic carbocycles. The predicted octanol–water partition coefficient (Wildman–Crippen LogP) is 4.20. The third-order valence-electron chi connectivity index (χ3n) is 4.78. The third kappa shape index (κ3) is 3.46. The third-order valence-corrected chi connectivity index (χ3v) is 5.80. The van der Waals surface area contributed by atoms with Gasteiger partial charge in [-0.25, -0.2) is 9.78 Å². The summed E-state index contributed by atoms with van der Waals surface area (Å²) in [5.41, 5.74) is -0.896. The largest absolute Gasteiger partial charge is 0.434 e. The zero-order valence-electron chi connectivity index (χ0n) is 12.9. The SMILES string of the molecule is C[C@H](NC(=O)N1CCC[C@H]1C1CCC1)c1nc(C(F)(F)F)cs1. The van der Waals surface area contributed by atoms with E-state index >= 15 is 0 Å². The molecule has 1 aromatic heterocycles. The Hall–Kier alpha value is -1.31. The summed E-state index contributed by atoms with van der Waals surface area (Å²) < 4.78 is 37.8. The number of thiazole rings is 1. The van der Waals surface area contributed by atoms with Crippen molar-refractivity contribution >= 4 is 17.4 Å². The Morgan fingerprint density at radius 2 is 2.13 bits per heavy atom. The standard InChI is InChI=1S/C15H20F3N3OS/c1-9(13-20-12(8-23-13)15(16,17)18)19-14(22)21-7-3-6-11(21)10-4-2-5-10/h8-11H,2-7H2,1H3,(H,19,22)/t9-,11-/m0/s1. The van der Waals surface area contributed by atoms with Crippen molar-refractivity contribution in [1.82, 2.24) is 15.2 Å². The zero-order valence-corrected chi connectivity index (χ0v) is 13.7. The van der Waals surface area contributed by atoms with Gasteiger partial charge >= 0.3 is 12.2 Å². The number of carbonyl (C=O) groups is 1. The molecule has 3 rings (SSSR count). The van der Waals surface area contributed by atoms with Crippen LogP contribution in [0.25, 0.3) is 0 Å². The second-order valence-corrected chi connectivity index (χ2v) is 7.22. The minimum Gasteiger partial charge on any atom is -0.329 e. The Bertz CT molecular complexity index is 571. The Balaban J connectivity index is 1.61. The van der Waals surface area contributed by atoms with E-state index in [-0.39, 0.29) is 17.1 Å². The minimum absolute atomic E-state index is 0.185. The Morgan fingerprint density at radius 1 is 1.39 bits per heavy atom. The summed E-state index contributed by atoms with van der Waals surface area (Å²) >= 11 is 0.927. The van der Waals surface area contributed by atoms with E-state index in [9.17, 15) is 18.0 Å². The number of nitrogens with zero attached hydrogens (tertiary/aromatic N) is 2. The van der Waals surface area contributed by atoms with Gasteiger partial charge in [-0.2, -0.15) is 13.2 Å². The molecule has 1 aliphatic heterocycles. The summed E-state index contributed by atoms with van der Waals surface area (Å²) in [5, 5.41) is 4.08. The van der Waals surface area contributed by atoms with Gasteiger partial charge in [-0.3, -0.25) is 0 Å². The van der Waals surface area contributed by atoms with E-state index in [2.05, 4.69) is 10.3 Å². The van der Waals surface area contributed by atoms with Crippen LogP contribution < -0.4 is 5.32 Å². The molecular weight excluding hydrogens is 327 g/mol. The molecule has 8 heteroatoms. The Kier molecular flexibility index (Phi) is 4.53. The summed E-state index contributed by atoms with van der Waals surface area (Å²) in [6, 6.07) is -0.417. The van der Waals surface area contributed by atoms with Crippen LogP contribution in [-0.4, -0.2) is 28.5 Å². The molecule has 2 atom stereocenters. The molecule has 1 aromatic rings. The molecule has 0 spiro atoms. The number of nitrogens with one attached hydrogen (secondary N) is 1. The van der Waals surface area contributed by atoms with Gasteiger partial charge in [0, 0.05) is 18.0 Å². The van der Waals surface area contributed by atoms with Gasteiger partial charge in [0.2, 0.25) is 0 Å². The summed E-state index contributed by atoms with van der Waals surface area (Å²) in [7, 11) is 0. The summed E-state index contributed by atoms with van der Waals surface area (Å²) in [4.78, 5) is 17.9. The van der Waals surface area contributed by atoms with Gasteiger partial charge in [-0.05, 0) is 38.5 Å². The van der Waals surface area contributed by atoms with E-state index in [1.165, 1.54) is 19.3 Å². The lowest BCUT2D eigenvalue weighted by Gasteiger charge is -2.37. The molecule has 23 heavy (non-hydrogen) atoms. The lowest BCUT2D eigenvalue weighted by molar-refractivity contribution is -0.140. The maximum atomic E-state index is 12.6. The molecule has 2 amide bonds. The highest BCUT2D eigenvalue weighted by Gasteiger charge is 2.38. The van der Waals surface area contributed by atoms with Crippen molar-refractivity contribution in [2.24, 2.45) is 5.92 Å². The van der Waals surface area contributed by atoms with Crippen LogP contribution in [0.2, 0.25) is 0 Å². The summed E-state index contributed by atoms with van der Waals surface area (Å²) in [6.07, 6.45) is 1.16. The molecule has 1 saturated heterocycles. The molecular formula is C15H20F3N3OS. The number of hydrogen-bond acceptors (Lipinski definition) is 3. The van der Waals surface area contributed by atoms with Crippen molar-refractivity contribution in [3.05, 3.63) is 16.1 Å². The van der Waals surface area contributed by atoms with Gasteiger partial charge in [0.1, 0.15) is 5.01 Å². The van der Waals surface area contributed by atoms with Gasteiger partial charge < -0.3 is 10.2 Å². The van der Waals surface area contributed by atoms with Crippen molar-refractivity contribution in [3.8, 4) is 0 Å². The van der Waals surface area contributed by atoms with Crippen molar-refractivity contribution in [2.45, 2.75) is 57.3 Å². The fourth-order valence-corrected chi connectivity index (χ4v) is 4.14. The molecule has 1 saturated carbocycles. The van der Waals surface area contributed by atoms with E-state index in [1.807, 2.05) is 4.90 Å². The zero-order chi connectivity index (χ0) is 16.6. The van der Waals surface area contributed by atoms with E-state index < -0.39 is 17.9 Å². The van der Waals surface area contributed by atoms with Gasteiger partial charge in [-0.15, -0.1) is 11.3 Å². The van der Waals surface area contributed by atoms with Crippen LogP contribution in [0.3, 0.4) is 0 Å². The fraction of sp³-hybridized carbons (Fsp3) is 0.733. The van der Waals surface area contributed by atoms with Crippen LogP contribution in [-0.2, 0) is 6.18 Å². The summed E-state index contributed by atoms with van der Waals surface area (Å²) in [5.74, 6) is 0.593. The number of carbonyl (C=O) groups excluding carboxylic acids is 1. The molecule has 2 aliphatic rings. The second kappa shape index (κ2) is 6.30. The minimum atomic E-state index is -4.44. The first-order valence-electron chi connectivity index (χ1n) is 7.96. The van der Waals surface area contributed by atoms with Crippen LogP contribution >= 0.6 is 11.3 Å². The van der Waals surface area contributed by atoms with Crippen LogP contribution in [0.1, 0.15) is 55.8 Å². The summed E-state index contributed by atoms with van der Waals surface area (Å²) in [6.45, 7) is 2.40. The first-order chi connectivity index (χ1) is 10.9. The van der Waals surface area contributed by atoms with Gasteiger partial charge in [0.25, 0.3) is 0 Å². The van der Waals surface area contributed by atoms with E-state index in [0.29, 0.717) is 5.92 Å². The Labute approximate surface area is 137 Å². The topological polar surface area (TPSA) is 45.2 Å². The molecule has 0 aromatic carbocycles. The molecule has 0 radical (unpaired) electrons. The lowest BCUT2D eigenvalue weighted by atomic mass is 9.79. The van der Waals surface area contributed by atoms with Crippen molar-refractivity contribution in [3.63, 3.8) is 0 Å². The number of hydrogen-bond donors (Lipinski definition) is 1. The number of halogens is 3. The quantitative estimate of drug-likeness (QED) is 0.891. The first kappa shape index (κ1) is 16.5. The van der Waals surface area contributed by atoms with E-state index in [1.54, 1.807) is 6.92 Å². The number of alkyl halides is 3. The molecule has 128 valence electrons. The first-order valence-corrected chi connectivity index (χ1v) is 8.84. The second-order valence-electron chi connectivity index (χ2n) is 6.33. The van der Waals surface area contributed by atoms with Crippen LogP contribution in [0.15, 0.2) is 5.38 Å². The fourth-order valence-electron chi connectivity index (χ4n) is 3.31. The normalized spacial score (nSPS) is 23.7. The smallest absolute Gasteiger partial charge is 0.329 e. The average Bonchev–Trinajstić information content (AvgIpc) is 3.04. The van der Waals surface area contributed by atoms with Gasteiger partial charge in [0.05, 0.1) is 6.04 Å². The lowest BCUT2D eigenvalue weighted by Crippen LogP contribution is -2.47. The van der Waals surface area contributed by atoms with Crippen molar-refractivity contribution < 1.29 is 18.0 Å². The maximum absolute atomic E-state index is 12.6. The van der Waals surface area contributed by atoms with Crippen LogP contribution in [0.4, 0.5) is 18.0 Å². The molecule has 1 N–H and O–H groups in total. The molecule has 2 heterocycles. The maximum Gasteiger partial charge on any atom is 0.434 e. The number of urea groups is 1. The van der Waals surface area contributed by atoms with Crippen LogP contribution in [0.5, 0.6) is 0 Å². The predicted molar refractivity (Wildman–Crippen MR) is 81.1 cm³/mol. The average molecular weight is 347 g/mol. The van der Waals surface area contributed by atoms with Crippen LogP contribution in [0, 0.1) is 5.92 Å². The Morgan fingerprint density at radius 3 is 2.70 bits per heavy atom. The van der Waals surface area contributed by atoms with Gasteiger partial charge in [-0.1, -0.05) is 6.42 Å². The number of amides is 2. The number of aromatic nitrogens is 1. The number of likely N-dealkylation sites (tertiary alicyclic amines) is 1. The van der Waals surface area contributed by atoms with Gasteiger partial charge in [0.15, 0.2) is 5.69 Å². The van der Waals surface area contributed by atoms with Crippen molar-refractivity contribution in [2.75, 3.05) is 6.54 Å². The monoisotopic (exact) mass is 347 g/mol. The van der Waals surface area contributed by atoms with E-state index in [0.717, 1.165) is 36.1 Å².